The number of rotatable bonds is 9. The van der Waals surface area contributed by atoms with Gasteiger partial charge in [-0.15, -0.1) is 0 Å². The fraction of sp³-hybridized carbons (Fsp3) is 0.333. The molecule has 1 aliphatic rings. The molecule has 4 heteroatoms. The highest BCUT2D eigenvalue weighted by molar-refractivity contribution is 5.32. The summed E-state index contributed by atoms with van der Waals surface area (Å²) in [5, 5.41) is 0. The third-order valence-corrected chi connectivity index (χ3v) is 5.95. The second-order valence-electron chi connectivity index (χ2n) is 8.11. The molecule has 1 saturated heterocycles. The van der Waals surface area contributed by atoms with E-state index >= 15 is 0 Å². The van der Waals surface area contributed by atoms with Crippen molar-refractivity contribution in [3.63, 3.8) is 0 Å². The van der Waals surface area contributed by atoms with Crippen LogP contribution in [0.15, 0.2) is 84.9 Å². The second-order valence-corrected chi connectivity index (χ2v) is 8.11. The summed E-state index contributed by atoms with van der Waals surface area (Å²) >= 11 is 0. The minimum absolute atomic E-state index is 0.228. The van der Waals surface area contributed by atoms with Crippen molar-refractivity contribution >= 4 is 0 Å². The summed E-state index contributed by atoms with van der Waals surface area (Å²) in [7, 11) is 0. The highest BCUT2D eigenvalue weighted by atomic mass is 19.1. The normalized spacial score (nSPS) is 15.3. The summed E-state index contributed by atoms with van der Waals surface area (Å²) < 4.78 is 18.6. The molecular formula is C27H31FN2O. The molecule has 0 spiro atoms. The highest BCUT2D eigenvalue weighted by Crippen LogP contribution is 2.29. The van der Waals surface area contributed by atoms with Gasteiger partial charge in [0.2, 0.25) is 0 Å². The molecule has 0 unspecified atom stereocenters. The van der Waals surface area contributed by atoms with Crippen LogP contribution in [0.3, 0.4) is 0 Å². The van der Waals surface area contributed by atoms with Gasteiger partial charge in [-0.05, 0) is 54.8 Å². The van der Waals surface area contributed by atoms with E-state index in [-0.39, 0.29) is 5.82 Å². The number of benzene rings is 3. The lowest BCUT2D eigenvalue weighted by Gasteiger charge is -2.39. The molecule has 3 aromatic rings. The van der Waals surface area contributed by atoms with Crippen molar-refractivity contribution in [3.8, 4) is 5.75 Å². The fourth-order valence-electron chi connectivity index (χ4n) is 4.29. The van der Waals surface area contributed by atoms with Crippen LogP contribution < -0.4 is 4.74 Å². The Morgan fingerprint density at radius 2 is 1.29 bits per heavy atom. The van der Waals surface area contributed by atoms with Crippen LogP contribution in [-0.2, 0) is 0 Å². The summed E-state index contributed by atoms with van der Waals surface area (Å²) in [6.07, 6.45) is 2.12. The van der Waals surface area contributed by atoms with E-state index in [0.717, 1.165) is 51.3 Å². The van der Waals surface area contributed by atoms with Gasteiger partial charge in [0, 0.05) is 26.2 Å². The van der Waals surface area contributed by atoms with Crippen LogP contribution in [-0.4, -0.2) is 49.1 Å². The first-order chi connectivity index (χ1) is 15.3. The molecule has 31 heavy (non-hydrogen) atoms. The van der Waals surface area contributed by atoms with Crippen LogP contribution in [0.25, 0.3) is 0 Å². The average Bonchev–Trinajstić information content (AvgIpc) is 2.83. The van der Waals surface area contributed by atoms with Crippen molar-refractivity contribution in [3.05, 3.63) is 102 Å². The molecule has 162 valence electrons. The molecule has 0 radical (unpaired) electrons. The lowest BCUT2D eigenvalue weighted by atomic mass is 9.96. The van der Waals surface area contributed by atoms with E-state index in [1.54, 1.807) is 12.1 Å². The van der Waals surface area contributed by atoms with Gasteiger partial charge >= 0.3 is 0 Å². The Morgan fingerprint density at radius 1 is 0.710 bits per heavy atom. The van der Waals surface area contributed by atoms with Gasteiger partial charge in [0.25, 0.3) is 0 Å². The van der Waals surface area contributed by atoms with E-state index in [2.05, 4.69) is 70.5 Å². The summed E-state index contributed by atoms with van der Waals surface area (Å²) in [5.74, 6) is 0.510. The van der Waals surface area contributed by atoms with E-state index in [9.17, 15) is 4.39 Å². The van der Waals surface area contributed by atoms with Gasteiger partial charge in [-0.2, -0.15) is 0 Å². The number of piperazine rings is 1. The number of ether oxygens (including phenoxy) is 1. The molecule has 0 amide bonds. The zero-order chi connectivity index (χ0) is 21.3. The molecule has 1 aliphatic heterocycles. The van der Waals surface area contributed by atoms with E-state index in [1.165, 1.54) is 23.3 Å². The van der Waals surface area contributed by atoms with Crippen LogP contribution >= 0.6 is 0 Å². The van der Waals surface area contributed by atoms with Gasteiger partial charge < -0.3 is 9.64 Å². The zero-order valence-corrected chi connectivity index (χ0v) is 18.0. The third-order valence-electron chi connectivity index (χ3n) is 5.95. The summed E-state index contributed by atoms with van der Waals surface area (Å²) in [4.78, 5) is 5.17. The Morgan fingerprint density at radius 3 is 1.87 bits per heavy atom. The topological polar surface area (TPSA) is 15.7 Å². The van der Waals surface area contributed by atoms with Crippen molar-refractivity contribution < 1.29 is 9.13 Å². The van der Waals surface area contributed by atoms with Crippen molar-refractivity contribution in [2.24, 2.45) is 0 Å². The van der Waals surface area contributed by atoms with Gasteiger partial charge in [0.05, 0.1) is 12.6 Å². The van der Waals surface area contributed by atoms with Crippen molar-refractivity contribution in [1.82, 2.24) is 9.80 Å². The molecular weight excluding hydrogens is 387 g/mol. The predicted octanol–water partition coefficient (Wildman–Crippen LogP) is 5.39. The monoisotopic (exact) mass is 418 g/mol. The molecule has 1 heterocycles. The van der Waals surface area contributed by atoms with Crippen LogP contribution in [0.5, 0.6) is 5.75 Å². The summed E-state index contributed by atoms with van der Waals surface area (Å²) in [6.45, 7) is 6.10. The molecule has 3 nitrogen and oxygen atoms in total. The maximum atomic E-state index is 12.9. The van der Waals surface area contributed by atoms with E-state index < -0.39 is 0 Å². The molecule has 0 bridgehead atoms. The molecule has 3 aromatic carbocycles. The van der Waals surface area contributed by atoms with Gasteiger partial charge in [0.1, 0.15) is 11.6 Å². The first-order valence-electron chi connectivity index (χ1n) is 11.2. The molecule has 0 saturated carbocycles. The molecule has 0 N–H and O–H groups in total. The Bertz CT molecular complexity index is 854. The molecule has 4 rings (SSSR count). The van der Waals surface area contributed by atoms with Gasteiger partial charge in [-0.25, -0.2) is 4.39 Å². The molecule has 1 fully saturated rings. The molecule has 0 atom stereocenters. The number of unbranched alkanes of at least 4 members (excludes halogenated alkanes) is 1. The Labute approximate surface area is 185 Å². The van der Waals surface area contributed by atoms with Gasteiger partial charge in [-0.1, -0.05) is 60.7 Å². The van der Waals surface area contributed by atoms with Gasteiger partial charge in [-0.3, -0.25) is 4.90 Å². The molecule has 0 aliphatic carbocycles. The maximum absolute atomic E-state index is 12.9. The lowest BCUT2D eigenvalue weighted by Crippen LogP contribution is -2.48. The van der Waals surface area contributed by atoms with Crippen molar-refractivity contribution in [2.75, 3.05) is 39.3 Å². The lowest BCUT2D eigenvalue weighted by molar-refractivity contribution is 0.107. The number of hydrogen-bond donors (Lipinski definition) is 0. The van der Waals surface area contributed by atoms with Crippen LogP contribution in [0.4, 0.5) is 4.39 Å². The SMILES string of the molecule is Fc1ccc(OCCCCN2CCN(C(c3ccccc3)c3ccccc3)CC2)cc1. The van der Waals surface area contributed by atoms with E-state index in [4.69, 9.17) is 4.74 Å². The van der Waals surface area contributed by atoms with E-state index in [0.29, 0.717) is 12.6 Å². The minimum Gasteiger partial charge on any atom is -0.494 e. The predicted molar refractivity (Wildman–Crippen MR) is 124 cm³/mol. The quantitative estimate of drug-likeness (QED) is 0.433. The second kappa shape index (κ2) is 11.1. The number of hydrogen-bond acceptors (Lipinski definition) is 3. The van der Waals surface area contributed by atoms with Crippen molar-refractivity contribution in [2.45, 2.75) is 18.9 Å². The van der Waals surface area contributed by atoms with E-state index in [1.807, 2.05) is 0 Å². The number of halogens is 1. The Balaban J connectivity index is 1.24. The highest BCUT2D eigenvalue weighted by Gasteiger charge is 2.26. The largest absolute Gasteiger partial charge is 0.494 e. The average molecular weight is 419 g/mol. The van der Waals surface area contributed by atoms with Crippen LogP contribution in [0.2, 0.25) is 0 Å². The van der Waals surface area contributed by atoms with Crippen LogP contribution in [0.1, 0.15) is 30.0 Å². The summed E-state index contributed by atoms with van der Waals surface area (Å²) in [6, 6.07) is 28.2. The smallest absolute Gasteiger partial charge is 0.123 e. The zero-order valence-electron chi connectivity index (χ0n) is 18.0. The molecule has 0 aromatic heterocycles. The van der Waals surface area contributed by atoms with Crippen LogP contribution in [0, 0.1) is 5.82 Å². The Hall–Kier alpha value is -2.69. The third kappa shape index (κ3) is 6.16. The minimum atomic E-state index is -0.228. The first-order valence-corrected chi connectivity index (χ1v) is 11.2. The van der Waals surface area contributed by atoms with Crippen molar-refractivity contribution in [1.29, 1.82) is 0 Å². The number of nitrogens with zero attached hydrogens (tertiary/aromatic N) is 2. The Kier molecular flexibility index (Phi) is 7.70. The standard InChI is InChI=1S/C27H31FN2O/c28-25-13-15-26(16-14-25)31-22-8-7-17-29-18-20-30(21-19-29)27(23-9-3-1-4-10-23)24-11-5-2-6-12-24/h1-6,9-16,27H,7-8,17-22H2. The van der Waals surface area contributed by atoms with Gasteiger partial charge in [0.15, 0.2) is 0 Å². The fourth-order valence-corrected chi connectivity index (χ4v) is 4.29. The first kappa shape index (κ1) is 21.5. The maximum Gasteiger partial charge on any atom is 0.123 e. The summed E-state index contributed by atoms with van der Waals surface area (Å²) in [5.41, 5.74) is 2.72.